The zero-order valence-electron chi connectivity index (χ0n) is 18.1. The molecule has 1 aliphatic heterocycles. The molecule has 1 aliphatic rings. The highest BCUT2D eigenvalue weighted by Gasteiger charge is 2.47. The highest BCUT2D eigenvalue weighted by atomic mass is 16.5. The van der Waals surface area contributed by atoms with Gasteiger partial charge >= 0.3 is 0 Å². The van der Waals surface area contributed by atoms with E-state index in [1.807, 2.05) is 46.8 Å². The lowest BCUT2D eigenvalue weighted by molar-refractivity contribution is -0.123. The van der Waals surface area contributed by atoms with Crippen LogP contribution in [0.2, 0.25) is 0 Å². The van der Waals surface area contributed by atoms with Crippen molar-refractivity contribution in [2.24, 2.45) is 0 Å². The molecule has 6 heteroatoms. The van der Waals surface area contributed by atoms with Crippen LogP contribution in [-0.2, 0) is 9.59 Å². The summed E-state index contributed by atoms with van der Waals surface area (Å²) in [7, 11) is 0. The van der Waals surface area contributed by atoms with Crippen molar-refractivity contribution in [3.8, 4) is 5.75 Å². The SMILES string of the molecule is CCOc1ccc(N2C(=O)CC(N(C(=O)c3cccc(C)c3)C(C)(C)C)C2=O)cc1. The first-order valence-electron chi connectivity index (χ1n) is 10.1. The van der Waals surface area contributed by atoms with E-state index in [0.717, 1.165) is 5.56 Å². The van der Waals surface area contributed by atoms with Crippen LogP contribution in [0.4, 0.5) is 5.69 Å². The van der Waals surface area contributed by atoms with Crippen LogP contribution in [0.1, 0.15) is 50.0 Å². The molecule has 3 amide bonds. The Balaban J connectivity index is 1.93. The van der Waals surface area contributed by atoms with E-state index >= 15 is 0 Å². The number of ether oxygens (including phenoxy) is 1. The molecule has 1 atom stereocenters. The summed E-state index contributed by atoms with van der Waals surface area (Å²) in [5.41, 5.74) is 1.30. The maximum atomic E-state index is 13.4. The number of nitrogens with zero attached hydrogens (tertiary/aromatic N) is 2. The molecule has 1 saturated heterocycles. The molecule has 0 spiro atoms. The topological polar surface area (TPSA) is 66.9 Å². The van der Waals surface area contributed by atoms with Crippen LogP contribution in [0, 0.1) is 6.92 Å². The number of carbonyl (C=O) groups excluding carboxylic acids is 3. The molecule has 1 heterocycles. The van der Waals surface area contributed by atoms with E-state index in [9.17, 15) is 14.4 Å². The van der Waals surface area contributed by atoms with Gasteiger partial charge in [0.05, 0.1) is 18.7 Å². The third kappa shape index (κ3) is 4.22. The fourth-order valence-corrected chi connectivity index (χ4v) is 3.78. The standard InChI is InChI=1S/C24H28N2O4/c1-6-30-19-12-10-18(11-13-19)25-21(27)15-20(23(25)29)26(24(3,4)5)22(28)17-9-7-8-16(2)14-17/h7-14,20H,6,15H2,1-5H3. The molecule has 1 fully saturated rings. The summed E-state index contributed by atoms with van der Waals surface area (Å²) in [5.74, 6) is -0.297. The summed E-state index contributed by atoms with van der Waals surface area (Å²) in [5, 5.41) is 0. The highest BCUT2D eigenvalue weighted by molar-refractivity contribution is 6.23. The largest absolute Gasteiger partial charge is 0.494 e. The third-order valence-electron chi connectivity index (χ3n) is 5.05. The Hall–Kier alpha value is -3.15. The van der Waals surface area contributed by atoms with Gasteiger partial charge in [-0.2, -0.15) is 0 Å². The molecule has 0 N–H and O–H groups in total. The summed E-state index contributed by atoms with van der Waals surface area (Å²) in [6.07, 6.45) is -0.0408. The lowest BCUT2D eigenvalue weighted by atomic mass is 9.99. The molecule has 0 radical (unpaired) electrons. The molecule has 30 heavy (non-hydrogen) atoms. The molecule has 0 aromatic heterocycles. The second kappa shape index (κ2) is 8.30. The predicted octanol–water partition coefficient (Wildman–Crippen LogP) is 3.97. The Morgan fingerprint density at radius 1 is 1.13 bits per heavy atom. The predicted molar refractivity (Wildman–Crippen MR) is 116 cm³/mol. The Morgan fingerprint density at radius 3 is 2.37 bits per heavy atom. The second-order valence-corrected chi connectivity index (χ2v) is 8.43. The van der Waals surface area contributed by atoms with E-state index in [0.29, 0.717) is 23.6 Å². The summed E-state index contributed by atoms with van der Waals surface area (Å²) < 4.78 is 5.43. The molecular formula is C24H28N2O4. The van der Waals surface area contributed by atoms with Gasteiger partial charge in [0.25, 0.3) is 11.8 Å². The number of rotatable bonds is 5. The Bertz CT molecular complexity index is 960. The number of amides is 3. The average Bonchev–Trinajstić information content (AvgIpc) is 2.95. The average molecular weight is 408 g/mol. The molecule has 1 unspecified atom stereocenters. The minimum absolute atomic E-state index is 0.0408. The summed E-state index contributed by atoms with van der Waals surface area (Å²) in [6.45, 7) is 9.95. The van der Waals surface area contributed by atoms with Gasteiger partial charge in [0.15, 0.2) is 0 Å². The van der Waals surface area contributed by atoms with Crippen molar-refractivity contribution in [1.29, 1.82) is 0 Å². The van der Waals surface area contributed by atoms with Gasteiger partial charge < -0.3 is 9.64 Å². The molecule has 2 aromatic rings. The van der Waals surface area contributed by atoms with Gasteiger partial charge in [0.2, 0.25) is 5.91 Å². The van der Waals surface area contributed by atoms with Crippen LogP contribution in [0.5, 0.6) is 5.75 Å². The molecular weight excluding hydrogens is 380 g/mol. The van der Waals surface area contributed by atoms with Gasteiger partial charge in [-0.1, -0.05) is 17.7 Å². The van der Waals surface area contributed by atoms with Crippen LogP contribution in [0.3, 0.4) is 0 Å². The second-order valence-electron chi connectivity index (χ2n) is 8.43. The molecule has 6 nitrogen and oxygen atoms in total. The van der Waals surface area contributed by atoms with Crippen molar-refractivity contribution in [2.75, 3.05) is 11.5 Å². The number of hydrogen-bond donors (Lipinski definition) is 0. The number of aryl methyl sites for hydroxylation is 1. The van der Waals surface area contributed by atoms with Crippen LogP contribution < -0.4 is 9.64 Å². The number of carbonyl (C=O) groups is 3. The molecule has 3 rings (SSSR count). The van der Waals surface area contributed by atoms with Gasteiger partial charge in [-0.05, 0) is 71.0 Å². The first-order chi connectivity index (χ1) is 14.1. The number of anilines is 1. The zero-order chi connectivity index (χ0) is 22.1. The highest BCUT2D eigenvalue weighted by Crippen LogP contribution is 2.31. The van der Waals surface area contributed by atoms with E-state index in [1.165, 1.54) is 9.80 Å². The minimum atomic E-state index is -0.850. The van der Waals surface area contributed by atoms with Gasteiger partial charge in [-0.25, -0.2) is 4.90 Å². The quantitative estimate of drug-likeness (QED) is 0.702. The number of imide groups is 1. The van der Waals surface area contributed by atoms with Gasteiger partial charge in [-0.3, -0.25) is 14.4 Å². The van der Waals surface area contributed by atoms with E-state index in [4.69, 9.17) is 4.74 Å². The summed E-state index contributed by atoms with van der Waals surface area (Å²) in [6, 6.07) is 13.2. The number of benzene rings is 2. The number of hydrogen-bond acceptors (Lipinski definition) is 4. The van der Waals surface area contributed by atoms with Crippen LogP contribution >= 0.6 is 0 Å². The molecule has 0 saturated carbocycles. The van der Waals surface area contributed by atoms with Crippen molar-refractivity contribution in [1.82, 2.24) is 4.90 Å². The lowest BCUT2D eigenvalue weighted by Crippen LogP contribution is -2.54. The van der Waals surface area contributed by atoms with Crippen molar-refractivity contribution in [2.45, 2.75) is 52.6 Å². The molecule has 2 aromatic carbocycles. The maximum absolute atomic E-state index is 13.4. The fraction of sp³-hybridized carbons (Fsp3) is 0.375. The zero-order valence-corrected chi connectivity index (χ0v) is 18.1. The van der Waals surface area contributed by atoms with E-state index in [1.54, 1.807) is 36.4 Å². The smallest absolute Gasteiger partial charge is 0.257 e. The van der Waals surface area contributed by atoms with Crippen LogP contribution in [0.25, 0.3) is 0 Å². The Kier molecular flexibility index (Phi) is 5.97. The normalized spacial score (nSPS) is 16.7. The molecule has 0 bridgehead atoms. The molecule has 0 aliphatic carbocycles. The maximum Gasteiger partial charge on any atom is 0.257 e. The lowest BCUT2D eigenvalue weighted by Gasteiger charge is -2.39. The first kappa shape index (κ1) is 21.6. The van der Waals surface area contributed by atoms with Crippen LogP contribution in [-0.4, -0.2) is 40.8 Å². The first-order valence-corrected chi connectivity index (χ1v) is 10.1. The van der Waals surface area contributed by atoms with E-state index in [2.05, 4.69) is 0 Å². The van der Waals surface area contributed by atoms with Crippen molar-refractivity contribution in [3.05, 3.63) is 59.7 Å². The van der Waals surface area contributed by atoms with E-state index < -0.39 is 11.6 Å². The summed E-state index contributed by atoms with van der Waals surface area (Å²) >= 11 is 0. The summed E-state index contributed by atoms with van der Waals surface area (Å²) in [4.78, 5) is 42.2. The Labute approximate surface area is 177 Å². The Morgan fingerprint density at radius 2 is 1.80 bits per heavy atom. The van der Waals surface area contributed by atoms with Crippen molar-refractivity contribution in [3.63, 3.8) is 0 Å². The van der Waals surface area contributed by atoms with Gasteiger partial charge in [-0.15, -0.1) is 0 Å². The van der Waals surface area contributed by atoms with Crippen LogP contribution in [0.15, 0.2) is 48.5 Å². The van der Waals surface area contributed by atoms with Gasteiger partial charge in [0.1, 0.15) is 11.8 Å². The minimum Gasteiger partial charge on any atom is -0.494 e. The van der Waals surface area contributed by atoms with Crippen molar-refractivity contribution >= 4 is 23.4 Å². The molecule has 158 valence electrons. The van der Waals surface area contributed by atoms with Crippen molar-refractivity contribution < 1.29 is 19.1 Å². The third-order valence-corrected chi connectivity index (χ3v) is 5.05. The fourth-order valence-electron chi connectivity index (χ4n) is 3.78. The van der Waals surface area contributed by atoms with E-state index in [-0.39, 0.29) is 24.1 Å². The van der Waals surface area contributed by atoms with Gasteiger partial charge in [0, 0.05) is 11.1 Å². The monoisotopic (exact) mass is 408 g/mol.